The molecule has 112 valence electrons. The standard InChI is InChI=1S/C16H12Cl2N2OS/c1-2-20-13-7-6-12(18)9-14(13)22-16(20)19-15(21)10-4-3-5-11(17)8-10/h3-9H,2H2,1H3. The molecule has 22 heavy (non-hydrogen) atoms. The summed E-state index contributed by atoms with van der Waals surface area (Å²) in [6, 6.07) is 12.5. The minimum absolute atomic E-state index is 0.303. The summed E-state index contributed by atoms with van der Waals surface area (Å²) < 4.78 is 3.01. The van der Waals surface area contributed by atoms with Crippen molar-refractivity contribution in [2.24, 2.45) is 4.99 Å². The van der Waals surface area contributed by atoms with Crippen molar-refractivity contribution < 1.29 is 4.79 Å². The van der Waals surface area contributed by atoms with Gasteiger partial charge in [-0.2, -0.15) is 4.99 Å². The molecular weight excluding hydrogens is 339 g/mol. The van der Waals surface area contributed by atoms with Crippen LogP contribution in [0.1, 0.15) is 17.3 Å². The molecule has 0 aliphatic carbocycles. The SMILES string of the molecule is CCn1c(=NC(=O)c2cccc(Cl)c2)sc2cc(Cl)ccc21. The molecule has 0 radical (unpaired) electrons. The Labute approximate surface area is 141 Å². The number of rotatable bonds is 2. The third-order valence-corrected chi connectivity index (χ3v) is 4.74. The van der Waals surface area contributed by atoms with E-state index >= 15 is 0 Å². The van der Waals surface area contributed by atoms with E-state index in [2.05, 4.69) is 4.99 Å². The van der Waals surface area contributed by atoms with Crippen LogP contribution in [0.5, 0.6) is 0 Å². The first-order valence-electron chi connectivity index (χ1n) is 6.72. The Morgan fingerprint density at radius 2 is 1.95 bits per heavy atom. The summed E-state index contributed by atoms with van der Waals surface area (Å²) >= 11 is 13.4. The lowest BCUT2D eigenvalue weighted by atomic mass is 10.2. The van der Waals surface area contributed by atoms with Gasteiger partial charge in [0.15, 0.2) is 4.80 Å². The van der Waals surface area contributed by atoms with Crippen molar-refractivity contribution in [3.05, 3.63) is 62.9 Å². The van der Waals surface area contributed by atoms with Crippen molar-refractivity contribution in [3.63, 3.8) is 0 Å². The molecule has 0 saturated heterocycles. The monoisotopic (exact) mass is 350 g/mol. The van der Waals surface area contributed by atoms with Crippen LogP contribution in [0.4, 0.5) is 0 Å². The van der Waals surface area contributed by atoms with Gasteiger partial charge in [0.25, 0.3) is 5.91 Å². The molecule has 0 aliphatic rings. The summed E-state index contributed by atoms with van der Waals surface area (Å²) in [5, 5.41) is 1.19. The zero-order chi connectivity index (χ0) is 15.7. The molecule has 0 spiro atoms. The average Bonchev–Trinajstić information content (AvgIpc) is 2.83. The molecule has 6 heteroatoms. The third-order valence-electron chi connectivity index (χ3n) is 3.23. The summed E-state index contributed by atoms with van der Waals surface area (Å²) in [7, 11) is 0. The van der Waals surface area contributed by atoms with Crippen LogP contribution in [-0.4, -0.2) is 10.5 Å². The van der Waals surface area contributed by atoms with E-state index in [1.807, 2.05) is 29.7 Å². The van der Waals surface area contributed by atoms with Crippen LogP contribution in [-0.2, 0) is 6.54 Å². The van der Waals surface area contributed by atoms with Crippen LogP contribution in [0.25, 0.3) is 10.2 Å². The highest BCUT2D eigenvalue weighted by atomic mass is 35.5. The Bertz CT molecular complexity index is 927. The van der Waals surface area contributed by atoms with Crippen LogP contribution < -0.4 is 4.80 Å². The fraction of sp³-hybridized carbons (Fsp3) is 0.125. The van der Waals surface area contributed by atoms with Gasteiger partial charge in [-0.3, -0.25) is 4.79 Å². The second-order valence-corrected chi connectivity index (χ2v) is 6.55. The molecule has 0 fully saturated rings. The molecular formula is C16H12Cl2N2OS. The van der Waals surface area contributed by atoms with Gasteiger partial charge in [-0.1, -0.05) is 40.6 Å². The maximum Gasteiger partial charge on any atom is 0.279 e. The molecule has 0 saturated carbocycles. The van der Waals surface area contributed by atoms with Crippen molar-refractivity contribution in [1.82, 2.24) is 4.57 Å². The predicted octanol–water partition coefficient (Wildman–Crippen LogP) is 4.77. The average molecular weight is 351 g/mol. The lowest BCUT2D eigenvalue weighted by Crippen LogP contribution is -2.15. The first kappa shape index (κ1) is 15.3. The maximum atomic E-state index is 12.3. The number of benzene rings is 2. The number of hydrogen-bond donors (Lipinski definition) is 0. The molecule has 0 bridgehead atoms. The molecule has 1 amide bonds. The highest BCUT2D eigenvalue weighted by molar-refractivity contribution is 7.16. The van der Waals surface area contributed by atoms with E-state index in [9.17, 15) is 4.79 Å². The Hall–Kier alpha value is -1.62. The number of halogens is 2. The third kappa shape index (κ3) is 2.95. The van der Waals surface area contributed by atoms with Crippen molar-refractivity contribution in [2.75, 3.05) is 0 Å². The van der Waals surface area contributed by atoms with E-state index in [1.165, 1.54) is 11.3 Å². The molecule has 0 N–H and O–H groups in total. The van der Waals surface area contributed by atoms with Crippen LogP contribution in [0, 0.1) is 0 Å². The van der Waals surface area contributed by atoms with E-state index in [0.717, 1.165) is 16.8 Å². The Balaban J connectivity index is 2.14. The Morgan fingerprint density at radius 3 is 2.68 bits per heavy atom. The van der Waals surface area contributed by atoms with Gasteiger partial charge >= 0.3 is 0 Å². The van der Waals surface area contributed by atoms with Gasteiger partial charge in [-0.05, 0) is 43.3 Å². The lowest BCUT2D eigenvalue weighted by molar-refractivity contribution is 0.0998. The summed E-state index contributed by atoms with van der Waals surface area (Å²) in [5.74, 6) is -0.303. The van der Waals surface area contributed by atoms with Gasteiger partial charge in [0, 0.05) is 22.2 Å². The summed E-state index contributed by atoms with van der Waals surface area (Å²) in [4.78, 5) is 17.2. The Morgan fingerprint density at radius 1 is 1.18 bits per heavy atom. The maximum absolute atomic E-state index is 12.3. The lowest BCUT2D eigenvalue weighted by Gasteiger charge is -2.00. The topological polar surface area (TPSA) is 34.4 Å². The fourth-order valence-corrected chi connectivity index (χ4v) is 3.77. The molecule has 0 unspecified atom stereocenters. The van der Waals surface area contributed by atoms with Gasteiger partial charge in [0.2, 0.25) is 0 Å². The minimum Gasteiger partial charge on any atom is -0.317 e. The number of hydrogen-bond acceptors (Lipinski definition) is 2. The smallest absolute Gasteiger partial charge is 0.279 e. The fourth-order valence-electron chi connectivity index (χ4n) is 2.21. The molecule has 3 aromatic rings. The summed E-state index contributed by atoms with van der Waals surface area (Å²) in [5.41, 5.74) is 1.50. The second kappa shape index (κ2) is 6.24. The van der Waals surface area contributed by atoms with Gasteiger partial charge in [-0.15, -0.1) is 0 Å². The van der Waals surface area contributed by atoms with Crippen molar-refractivity contribution in [3.8, 4) is 0 Å². The van der Waals surface area contributed by atoms with Crippen LogP contribution in [0.3, 0.4) is 0 Å². The molecule has 3 nitrogen and oxygen atoms in total. The predicted molar refractivity (Wildman–Crippen MR) is 91.8 cm³/mol. The molecule has 1 aromatic heterocycles. The quantitative estimate of drug-likeness (QED) is 0.655. The van der Waals surface area contributed by atoms with E-state index < -0.39 is 0 Å². The van der Waals surface area contributed by atoms with Gasteiger partial charge < -0.3 is 4.57 Å². The highest BCUT2D eigenvalue weighted by Crippen LogP contribution is 2.22. The Kier molecular flexibility index (Phi) is 4.34. The van der Waals surface area contributed by atoms with Crippen molar-refractivity contribution in [2.45, 2.75) is 13.5 Å². The number of carbonyl (C=O) groups excluding carboxylic acids is 1. The molecule has 0 atom stereocenters. The van der Waals surface area contributed by atoms with Gasteiger partial charge in [0.1, 0.15) is 0 Å². The number of carbonyl (C=O) groups is 1. The number of amides is 1. The largest absolute Gasteiger partial charge is 0.317 e. The van der Waals surface area contributed by atoms with E-state index in [-0.39, 0.29) is 5.91 Å². The minimum atomic E-state index is -0.303. The van der Waals surface area contributed by atoms with E-state index in [4.69, 9.17) is 23.2 Å². The normalized spacial score (nSPS) is 12.0. The number of thiazole rings is 1. The second-order valence-electron chi connectivity index (χ2n) is 4.67. The number of aryl methyl sites for hydroxylation is 1. The van der Waals surface area contributed by atoms with E-state index in [1.54, 1.807) is 24.3 Å². The first-order chi connectivity index (χ1) is 10.6. The molecule has 1 heterocycles. The van der Waals surface area contributed by atoms with Crippen molar-refractivity contribution in [1.29, 1.82) is 0 Å². The summed E-state index contributed by atoms with van der Waals surface area (Å²) in [6.45, 7) is 2.74. The van der Waals surface area contributed by atoms with Crippen molar-refractivity contribution >= 4 is 50.7 Å². The summed E-state index contributed by atoms with van der Waals surface area (Å²) in [6.07, 6.45) is 0. The van der Waals surface area contributed by atoms with Gasteiger partial charge in [0.05, 0.1) is 10.2 Å². The van der Waals surface area contributed by atoms with Gasteiger partial charge in [-0.25, -0.2) is 0 Å². The molecule has 3 rings (SSSR count). The number of fused-ring (bicyclic) bond motifs is 1. The zero-order valence-corrected chi connectivity index (χ0v) is 14.0. The highest BCUT2D eigenvalue weighted by Gasteiger charge is 2.09. The van der Waals surface area contributed by atoms with Crippen LogP contribution >= 0.6 is 34.5 Å². The zero-order valence-electron chi connectivity index (χ0n) is 11.7. The van der Waals surface area contributed by atoms with E-state index in [0.29, 0.717) is 20.4 Å². The van der Waals surface area contributed by atoms with Crippen LogP contribution in [0.2, 0.25) is 10.0 Å². The number of nitrogens with zero attached hydrogens (tertiary/aromatic N) is 2. The molecule has 0 aliphatic heterocycles. The molecule has 2 aromatic carbocycles. The first-order valence-corrected chi connectivity index (χ1v) is 8.29. The van der Waals surface area contributed by atoms with Crippen LogP contribution in [0.15, 0.2) is 47.5 Å². The number of aromatic nitrogens is 1.